The van der Waals surface area contributed by atoms with Gasteiger partial charge < -0.3 is 16.2 Å². The number of amides is 2. The van der Waals surface area contributed by atoms with Gasteiger partial charge in [0.2, 0.25) is 11.8 Å². The highest BCUT2D eigenvalue weighted by Gasteiger charge is 2.28. The number of hydrogen-bond acceptors (Lipinski definition) is 4. The van der Waals surface area contributed by atoms with Gasteiger partial charge in [0.1, 0.15) is 0 Å². The Balaban J connectivity index is 2.52. The van der Waals surface area contributed by atoms with Crippen molar-refractivity contribution >= 4 is 17.8 Å². The van der Waals surface area contributed by atoms with E-state index >= 15 is 0 Å². The van der Waals surface area contributed by atoms with Crippen molar-refractivity contribution < 1.29 is 19.5 Å². The van der Waals surface area contributed by atoms with Crippen molar-refractivity contribution in [2.75, 3.05) is 19.6 Å². The molecule has 0 saturated heterocycles. The maximum Gasteiger partial charge on any atom is 0.317 e. The lowest BCUT2D eigenvalue weighted by Crippen LogP contribution is -2.49. The summed E-state index contributed by atoms with van der Waals surface area (Å²) in [6, 6.07) is 0.113. The van der Waals surface area contributed by atoms with E-state index in [2.05, 4.69) is 19.2 Å². The number of carbonyl (C=O) groups is 3. The lowest BCUT2D eigenvalue weighted by atomic mass is 9.78. The molecule has 7 nitrogen and oxygen atoms in total. The van der Waals surface area contributed by atoms with E-state index in [0.29, 0.717) is 11.8 Å². The summed E-state index contributed by atoms with van der Waals surface area (Å²) in [7, 11) is 0. The first-order chi connectivity index (χ1) is 9.79. The minimum Gasteiger partial charge on any atom is -0.480 e. The summed E-state index contributed by atoms with van der Waals surface area (Å²) in [5.74, 6) is -1.05. The molecule has 0 bridgehead atoms. The van der Waals surface area contributed by atoms with Crippen molar-refractivity contribution in [1.29, 1.82) is 0 Å². The number of nitrogens with one attached hydrogen (secondary N) is 1. The number of rotatable bonds is 7. The standard InChI is InChI=1S/C14H25N3O4/c1-9-4-3-5-11(10(9)2)16-13(19)7-17(6-12(15)18)8-14(20)21/h9-11H,3-8H2,1-2H3,(H2,15,18)(H,16,19)(H,20,21). The van der Waals surface area contributed by atoms with Gasteiger partial charge in [-0.1, -0.05) is 26.7 Å². The lowest BCUT2D eigenvalue weighted by molar-refractivity contribution is -0.139. The third kappa shape index (κ3) is 6.12. The number of aliphatic carboxylic acids is 1. The van der Waals surface area contributed by atoms with E-state index in [4.69, 9.17) is 10.8 Å². The van der Waals surface area contributed by atoms with Crippen LogP contribution in [-0.2, 0) is 14.4 Å². The summed E-state index contributed by atoms with van der Waals surface area (Å²) in [5, 5.41) is 11.7. The first kappa shape index (κ1) is 17.4. The average molecular weight is 299 g/mol. The van der Waals surface area contributed by atoms with Gasteiger partial charge in [0.15, 0.2) is 0 Å². The minimum atomic E-state index is -1.09. The van der Waals surface area contributed by atoms with Crippen molar-refractivity contribution in [2.45, 2.75) is 39.2 Å². The van der Waals surface area contributed by atoms with Gasteiger partial charge in [0, 0.05) is 6.04 Å². The molecule has 1 aliphatic carbocycles. The predicted octanol–water partition coefficient (Wildman–Crippen LogP) is -0.201. The molecule has 0 heterocycles. The zero-order valence-electron chi connectivity index (χ0n) is 12.7. The second-order valence-electron chi connectivity index (χ2n) is 5.95. The van der Waals surface area contributed by atoms with Gasteiger partial charge in [-0.2, -0.15) is 0 Å². The van der Waals surface area contributed by atoms with Crippen LogP contribution in [0, 0.1) is 11.8 Å². The van der Waals surface area contributed by atoms with Gasteiger partial charge in [-0.15, -0.1) is 0 Å². The van der Waals surface area contributed by atoms with Crippen LogP contribution in [0.5, 0.6) is 0 Å². The van der Waals surface area contributed by atoms with E-state index < -0.39 is 11.9 Å². The van der Waals surface area contributed by atoms with Crippen LogP contribution in [0.25, 0.3) is 0 Å². The molecule has 120 valence electrons. The molecule has 2 amide bonds. The van der Waals surface area contributed by atoms with E-state index in [1.165, 1.54) is 11.3 Å². The predicted molar refractivity (Wildman–Crippen MR) is 77.4 cm³/mol. The van der Waals surface area contributed by atoms with Gasteiger partial charge in [-0.3, -0.25) is 19.3 Å². The third-order valence-corrected chi connectivity index (χ3v) is 4.16. The lowest BCUT2D eigenvalue weighted by Gasteiger charge is -2.35. The Morgan fingerprint density at radius 3 is 2.43 bits per heavy atom. The Hall–Kier alpha value is -1.63. The number of carbonyl (C=O) groups excluding carboxylic acids is 2. The monoisotopic (exact) mass is 299 g/mol. The summed E-state index contributed by atoms with van der Waals surface area (Å²) in [6.45, 7) is 3.54. The van der Waals surface area contributed by atoms with Crippen molar-refractivity contribution in [1.82, 2.24) is 10.2 Å². The molecule has 0 spiro atoms. The van der Waals surface area contributed by atoms with Crippen LogP contribution >= 0.6 is 0 Å². The molecule has 21 heavy (non-hydrogen) atoms. The molecular formula is C14H25N3O4. The van der Waals surface area contributed by atoms with Crippen molar-refractivity contribution in [3.05, 3.63) is 0 Å². The zero-order chi connectivity index (χ0) is 16.0. The Kier molecular flexibility index (Phi) is 6.61. The maximum absolute atomic E-state index is 12.0. The van der Waals surface area contributed by atoms with E-state index in [-0.39, 0.29) is 31.6 Å². The van der Waals surface area contributed by atoms with Crippen LogP contribution < -0.4 is 11.1 Å². The fourth-order valence-corrected chi connectivity index (χ4v) is 2.82. The van der Waals surface area contributed by atoms with E-state index in [1.807, 2.05) is 0 Å². The van der Waals surface area contributed by atoms with Crippen LogP contribution in [0.15, 0.2) is 0 Å². The van der Waals surface area contributed by atoms with Crippen LogP contribution in [0.3, 0.4) is 0 Å². The molecule has 4 N–H and O–H groups in total. The number of nitrogens with two attached hydrogens (primary N) is 1. The molecule has 3 atom stereocenters. The van der Waals surface area contributed by atoms with Crippen LogP contribution in [0.4, 0.5) is 0 Å². The fraction of sp³-hybridized carbons (Fsp3) is 0.786. The molecule has 0 aliphatic heterocycles. The molecule has 1 fully saturated rings. The van der Waals surface area contributed by atoms with Crippen LogP contribution in [0.2, 0.25) is 0 Å². The number of primary amides is 1. The first-order valence-electron chi connectivity index (χ1n) is 7.31. The summed E-state index contributed by atoms with van der Waals surface area (Å²) in [5.41, 5.74) is 5.06. The number of nitrogens with zero attached hydrogens (tertiary/aromatic N) is 1. The van der Waals surface area contributed by atoms with E-state index in [1.54, 1.807) is 0 Å². The molecular weight excluding hydrogens is 274 g/mol. The Labute approximate surface area is 124 Å². The molecule has 1 rings (SSSR count). The Morgan fingerprint density at radius 1 is 1.19 bits per heavy atom. The topological polar surface area (TPSA) is 113 Å². The number of hydrogen-bond donors (Lipinski definition) is 3. The summed E-state index contributed by atoms with van der Waals surface area (Å²) >= 11 is 0. The minimum absolute atomic E-state index is 0.113. The SMILES string of the molecule is CC1CCCC(NC(=O)CN(CC(N)=O)CC(=O)O)C1C. The molecule has 0 aromatic rings. The fourth-order valence-electron chi connectivity index (χ4n) is 2.82. The summed E-state index contributed by atoms with van der Waals surface area (Å²) in [4.78, 5) is 34.9. The summed E-state index contributed by atoms with van der Waals surface area (Å²) < 4.78 is 0. The first-order valence-corrected chi connectivity index (χ1v) is 7.31. The van der Waals surface area contributed by atoms with Crippen molar-refractivity contribution in [2.24, 2.45) is 17.6 Å². The van der Waals surface area contributed by atoms with Gasteiger partial charge in [0.05, 0.1) is 19.6 Å². The number of carboxylic acids is 1. The molecule has 0 radical (unpaired) electrons. The maximum atomic E-state index is 12.0. The van der Waals surface area contributed by atoms with Crippen LogP contribution in [-0.4, -0.2) is 53.5 Å². The normalized spacial score (nSPS) is 25.6. The van der Waals surface area contributed by atoms with Gasteiger partial charge >= 0.3 is 5.97 Å². The van der Waals surface area contributed by atoms with E-state index in [0.717, 1.165) is 12.8 Å². The molecule has 1 saturated carbocycles. The highest BCUT2D eigenvalue weighted by molar-refractivity contribution is 5.81. The second-order valence-corrected chi connectivity index (χ2v) is 5.95. The van der Waals surface area contributed by atoms with Crippen molar-refractivity contribution in [3.8, 4) is 0 Å². The molecule has 0 aromatic heterocycles. The molecule has 7 heteroatoms. The van der Waals surface area contributed by atoms with Crippen LogP contribution in [0.1, 0.15) is 33.1 Å². The highest BCUT2D eigenvalue weighted by Crippen LogP contribution is 2.29. The van der Waals surface area contributed by atoms with Gasteiger partial charge in [0.25, 0.3) is 0 Å². The van der Waals surface area contributed by atoms with Gasteiger partial charge in [-0.05, 0) is 18.3 Å². The smallest absolute Gasteiger partial charge is 0.317 e. The van der Waals surface area contributed by atoms with Crippen molar-refractivity contribution in [3.63, 3.8) is 0 Å². The largest absolute Gasteiger partial charge is 0.480 e. The van der Waals surface area contributed by atoms with Gasteiger partial charge in [-0.25, -0.2) is 0 Å². The summed E-state index contributed by atoms with van der Waals surface area (Å²) in [6.07, 6.45) is 3.18. The zero-order valence-corrected chi connectivity index (χ0v) is 12.7. The third-order valence-electron chi connectivity index (χ3n) is 4.16. The molecule has 3 unspecified atom stereocenters. The second kappa shape index (κ2) is 7.97. The van der Waals surface area contributed by atoms with E-state index in [9.17, 15) is 14.4 Å². The quantitative estimate of drug-likeness (QED) is 0.602. The average Bonchev–Trinajstić information content (AvgIpc) is 2.33. The molecule has 1 aliphatic rings. The Morgan fingerprint density at radius 2 is 1.86 bits per heavy atom. The highest BCUT2D eigenvalue weighted by atomic mass is 16.4. The number of carboxylic acid groups (broad SMARTS) is 1. The Bertz CT molecular complexity index is 384. The molecule has 0 aromatic carbocycles.